The summed E-state index contributed by atoms with van der Waals surface area (Å²) in [4.78, 5) is 14.9. The van der Waals surface area contributed by atoms with Gasteiger partial charge in [0.25, 0.3) is 0 Å². The van der Waals surface area contributed by atoms with E-state index >= 15 is 0 Å². The van der Waals surface area contributed by atoms with E-state index in [1.165, 1.54) is 18.9 Å². The minimum atomic E-state index is -0.430. The van der Waals surface area contributed by atoms with Crippen molar-refractivity contribution in [3.05, 3.63) is 34.6 Å². The molecule has 2 heterocycles. The lowest BCUT2D eigenvalue weighted by molar-refractivity contribution is -0.124. The van der Waals surface area contributed by atoms with Gasteiger partial charge in [0, 0.05) is 24.4 Å². The normalized spacial score (nSPS) is 29.6. The maximum absolute atomic E-state index is 13.1. The molecule has 1 aromatic rings. The van der Waals surface area contributed by atoms with E-state index in [-0.39, 0.29) is 16.7 Å². The summed E-state index contributed by atoms with van der Waals surface area (Å²) in [6.07, 6.45) is 4.75. The minimum absolute atomic E-state index is 0.0961. The standard InChI is InChI=1S/C16H19ClFNO/c1-19-12-3-4-13(19)9-11(8-12)16(20)7-10-2-5-15(18)14(17)6-10/h2,5-6,11-13H,3-4,7-9H2,1H3. The molecule has 3 rings (SSSR count). The predicted molar refractivity (Wildman–Crippen MR) is 77.4 cm³/mol. The van der Waals surface area contributed by atoms with Crippen molar-refractivity contribution in [2.75, 3.05) is 7.05 Å². The molecule has 2 nitrogen and oxygen atoms in total. The third kappa shape index (κ3) is 2.61. The lowest BCUT2D eigenvalue weighted by atomic mass is 9.85. The highest BCUT2D eigenvalue weighted by Crippen LogP contribution is 2.38. The molecule has 0 aromatic heterocycles. The molecule has 0 aliphatic carbocycles. The Bertz CT molecular complexity index is 519. The fourth-order valence-electron chi connectivity index (χ4n) is 3.67. The molecule has 2 atom stereocenters. The first kappa shape index (κ1) is 14.0. The minimum Gasteiger partial charge on any atom is -0.300 e. The van der Waals surface area contributed by atoms with E-state index in [0.717, 1.165) is 18.4 Å². The number of hydrogen-bond donors (Lipinski definition) is 0. The first-order valence-corrected chi connectivity index (χ1v) is 7.61. The van der Waals surface area contributed by atoms with Crippen molar-refractivity contribution in [2.24, 2.45) is 5.92 Å². The first-order chi connectivity index (χ1) is 9.54. The van der Waals surface area contributed by atoms with Gasteiger partial charge in [0.15, 0.2) is 0 Å². The lowest BCUT2D eigenvalue weighted by Crippen LogP contribution is -2.42. The van der Waals surface area contributed by atoms with Crippen LogP contribution in [0.1, 0.15) is 31.2 Å². The van der Waals surface area contributed by atoms with Crippen LogP contribution in [0.4, 0.5) is 4.39 Å². The molecule has 0 saturated carbocycles. The van der Waals surface area contributed by atoms with Gasteiger partial charge in [-0.2, -0.15) is 0 Å². The number of piperidine rings is 1. The summed E-state index contributed by atoms with van der Waals surface area (Å²) >= 11 is 5.77. The van der Waals surface area contributed by atoms with Gasteiger partial charge in [0.2, 0.25) is 0 Å². The number of fused-ring (bicyclic) bond motifs is 2. The third-order valence-electron chi connectivity index (χ3n) is 4.92. The zero-order chi connectivity index (χ0) is 14.3. The number of nitrogens with zero attached hydrogens (tertiary/aromatic N) is 1. The second kappa shape index (κ2) is 5.45. The molecule has 4 heteroatoms. The van der Waals surface area contributed by atoms with Crippen LogP contribution < -0.4 is 0 Å². The Morgan fingerprint density at radius 1 is 1.35 bits per heavy atom. The summed E-state index contributed by atoms with van der Waals surface area (Å²) in [5, 5.41) is 0.0961. The van der Waals surface area contributed by atoms with E-state index in [1.54, 1.807) is 12.1 Å². The number of benzene rings is 1. The molecule has 2 bridgehead atoms. The maximum Gasteiger partial charge on any atom is 0.141 e. The molecule has 108 valence electrons. The molecule has 2 aliphatic rings. The summed E-state index contributed by atoms with van der Waals surface area (Å²) in [6, 6.07) is 5.70. The Morgan fingerprint density at radius 2 is 2.00 bits per heavy atom. The fraction of sp³-hybridized carbons (Fsp3) is 0.562. The lowest BCUT2D eigenvalue weighted by Gasteiger charge is -2.35. The molecule has 0 radical (unpaired) electrons. The maximum atomic E-state index is 13.1. The molecular formula is C16H19ClFNO. The Hall–Kier alpha value is -0.930. The molecule has 0 N–H and O–H groups in total. The van der Waals surface area contributed by atoms with Crippen LogP contribution in [0.5, 0.6) is 0 Å². The predicted octanol–water partition coefficient (Wildman–Crippen LogP) is 3.46. The molecule has 0 amide bonds. The Labute approximate surface area is 123 Å². The Balaban J connectivity index is 1.66. The summed E-state index contributed by atoms with van der Waals surface area (Å²) < 4.78 is 13.1. The van der Waals surface area contributed by atoms with Crippen LogP contribution in [0.15, 0.2) is 18.2 Å². The molecule has 0 spiro atoms. The van der Waals surface area contributed by atoms with E-state index < -0.39 is 5.82 Å². The van der Waals surface area contributed by atoms with Crippen LogP contribution in [0.3, 0.4) is 0 Å². The van der Waals surface area contributed by atoms with Gasteiger partial charge >= 0.3 is 0 Å². The van der Waals surface area contributed by atoms with Crippen LogP contribution in [0, 0.1) is 11.7 Å². The van der Waals surface area contributed by atoms with Gasteiger partial charge in [0.1, 0.15) is 11.6 Å². The molecular weight excluding hydrogens is 277 g/mol. The molecule has 2 aliphatic heterocycles. The van der Waals surface area contributed by atoms with Gasteiger partial charge in [-0.1, -0.05) is 17.7 Å². The highest BCUT2D eigenvalue weighted by molar-refractivity contribution is 6.30. The van der Waals surface area contributed by atoms with Crippen LogP contribution in [-0.4, -0.2) is 29.8 Å². The van der Waals surface area contributed by atoms with E-state index in [2.05, 4.69) is 11.9 Å². The molecule has 20 heavy (non-hydrogen) atoms. The monoisotopic (exact) mass is 295 g/mol. The van der Waals surface area contributed by atoms with Gasteiger partial charge in [-0.25, -0.2) is 4.39 Å². The highest BCUT2D eigenvalue weighted by Gasteiger charge is 2.40. The number of carbonyl (C=O) groups is 1. The third-order valence-corrected chi connectivity index (χ3v) is 5.21. The van der Waals surface area contributed by atoms with Crippen molar-refractivity contribution in [2.45, 2.75) is 44.2 Å². The smallest absolute Gasteiger partial charge is 0.141 e. The number of rotatable bonds is 3. The van der Waals surface area contributed by atoms with E-state index in [9.17, 15) is 9.18 Å². The molecule has 2 unspecified atom stereocenters. The number of carbonyl (C=O) groups excluding carboxylic acids is 1. The number of ketones is 1. The highest BCUT2D eigenvalue weighted by atomic mass is 35.5. The Kier molecular flexibility index (Phi) is 3.83. The largest absolute Gasteiger partial charge is 0.300 e. The van der Waals surface area contributed by atoms with Crippen molar-refractivity contribution < 1.29 is 9.18 Å². The van der Waals surface area contributed by atoms with Crippen LogP contribution >= 0.6 is 11.6 Å². The van der Waals surface area contributed by atoms with Crippen molar-refractivity contribution in [3.63, 3.8) is 0 Å². The average molecular weight is 296 g/mol. The van der Waals surface area contributed by atoms with Crippen LogP contribution in [0.25, 0.3) is 0 Å². The van der Waals surface area contributed by atoms with Gasteiger partial charge in [0.05, 0.1) is 5.02 Å². The topological polar surface area (TPSA) is 20.3 Å². The number of halogens is 2. The van der Waals surface area contributed by atoms with Gasteiger partial charge in [-0.05, 0) is 50.4 Å². The van der Waals surface area contributed by atoms with E-state index in [4.69, 9.17) is 11.6 Å². The van der Waals surface area contributed by atoms with Gasteiger partial charge in [-0.3, -0.25) is 4.79 Å². The van der Waals surface area contributed by atoms with Crippen molar-refractivity contribution in [3.8, 4) is 0 Å². The quantitative estimate of drug-likeness (QED) is 0.851. The zero-order valence-electron chi connectivity index (χ0n) is 11.6. The van der Waals surface area contributed by atoms with Crippen molar-refractivity contribution in [1.29, 1.82) is 0 Å². The molecule has 2 saturated heterocycles. The van der Waals surface area contributed by atoms with E-state index in [0.29, 0.717) is 18.5 Å². The van der Waals surface area contributed by atoms with Crippen molar-refractivity contribution in [1.82, 2.24) is 4.90 Å². The SMILES string of the molecule is CN1C2CCC1CC(C(=O)Cc1ccc(F)c(Cl)c1)C2. The first-order valence-electron chi connectivity index (χ1n) is 7.23. The van der Waals surface area contributed by atoms with Crippen molar-refractivity contribution >= 4 is 17.4 Å². The summed E-state index contributed by atoms with van der Waals surface area (Å²) in [5.74, 6) is 0.00500. The molecule has 1 aromatic carbocycles. The second-order valence-corrected chi connectivity index (χ2v) is 6.52. The number of Topliss-reactive ketones (excluding diaryl/α,β-unsaturated/α-hetero) is 1. The zero-order valence-corrected chi connectivity index (χ0v) is 12.4. The van der Waals surface area contributed by atoms with Gasteiger partial charge < -0.3 is 4.90 Å². The summed E-state index contributed by atoms with van der Waals surface area (Å²) in [6.45, 7) is 0. The molecule has 2 fully saturated rings. The number of hydrogen-bond acceptors (Lipinski definition) is 2. The average Bonchev–Trinajstić information content (AvgIpc) is 2.65. The van der Waals surface area contributed by atoms with Crippen LogP contribution in [0.2, 0.25) is 5.02 Å². The van der Waals surface area contributed by atoms with Crippen LogP contribution in [-0.2, 0) is 11.2 Å². The fourth-order valence-corrected chi connectivity index (χ4v) is 3.87. The Morgan fingerprint density at radius 3 is 2.60 bits per heavy atom. The summed E-state index contributed by atoms with van der Waals surface area (Å²) in [7, 11) is 2.17. The second-order valence-electron chi connectivity index (χ2n) is 6.11. The summed E-state index contributed by atoms with van der Waals surface area (Å²) in [5.41, 5.74) is 0.813. The van der Waals surface area contributed by atoms with E-state index in [1.807, 2.05) is 0 Å². The van der Waals surface area contributed by atoms with Gasteiger partial charge in [-0.15, -0.1) is 0 Å².